The lowest BCUT2D eigenvalue weighted by Crippen LogP contribution is -2.18. The van der Waals surface area contributed by atoms with E-state index < -0.39 is 5.92 Å². The molecule has 1 aromatic heterocycles. The molecule has 0 spiro atoms. The zero-order valence-electron chi connectivity index (χ0n) is 14.2. The standard InChI is InChI=1S/C21H17NO3S/c1-15-11-12-26-21(15)19(13-22)20(23)14-24-16-7-9-18(10-8-16)25-17-5-3-2-4-6-17/h2-12,19H,14H2,1H3. The molecule has 0 aliphatic heterocycles. The third-order valence-electron chi connectivity index (χ3n) is 3.80. The number of Topliss-reactive ketones (excluding diaryl/α,β-unsaturated/α-hetero) is 1. The minimum atomic E-state index is -0.782. The van der Waals surface area contributed by atoms with E-state index in [1.54, 1.807) is 24.3 Å². The van der Waals surface area contributed by atoms with Gasteiger partial charge in [-0.2, -0.15) is 5.26 Å². The molecule has 5 heteroatoms. The van der Waals surface area contributed by atoms with Gasteiger partial charge >= 0.3 is 0 Å². The fraction of sp³-hybridized carbons (Fsp3) is 0.143. The molecule has 3 rings (SSSR count). The van der Waals surface area contributed by atoms with Crippen LogP contribution in [-0.2, 0) is 4.79 Å². The Balaban J connectivity index is 1.58. The normalized spacial score (nSPS) is 11.4. The summed E-state index contributed by atoms with van der Waals surface area (Å²) in [5.74, 6) is 0.954. The van der Waals surface area contributed by atoms with Gasteiger partial charge < -0.3 is 9.47 Å². The Morgan fingerprint density at radius 3 is 2.31 bits per heavy atom. The van der Waals surface area contributed by atoms with Crippen LogP contribution in [0.3, 0.4) is 0 Å². The Hall–Kier alpha value is -3.10. The molecule has 0 amide bonds. The SMILES string of the molecule is Cc1ccsc1C(C#N)C(=O)COc1ccc(Oc2ccccc2)cc1. The summed E-state index contributed by atoms with van der Waals surface area (Å²) < 4.78 is 11.3. The van der Waals surface area contributed by atoms with Crippen molar-refractivity contribution in [3.05, 3.63) is 76.5 Å². The van der Waals surface area contributed by atoms with Crippen molar-refractivity contribution in [2.45, 2.75) is 12.8 Å². The molecule has 130 valence electrons. The summed E-state index contributed by atoms with van der Waals surface area (Å²) in [5.41, 5.74) is 0.956. The van der Waals surface area contributed by atoms with Gasteiger partial charge in [-0.05, 0) is 60.3 Å². The Morgan fingerprint density at radius 1 is 1.04 bits per heavy atom. The molecule has 1 heterocycles. The molecule has 0 N–H and O–H groups in total. The zero-order chi connectivity index (χ0) is 18.4. The summed E-state index contributed by atoms with van der Waals surface area (Å²) in [6, 6.07) is 20.5. The second kappa shape index (κ2) is 8.32. The molecule has 0 saturated heterocycles. The van der Waals surface area contributed by atoms with Gasteiger partial charge in [0.25, 0.3) is 0 Å². The second-order valence-electron chi connectivity index (χ2n) is 5.67. The number of nitrogens with zero attached hydrogens (tertiary/aromatic N) is 1. The van der Waals surface area contributed by atoms with Crippen molar-refractivity contribution in [1.82, 2.24) is 0 Å². The molecule has 0 radical (unpaired) electrons. The van der Waals surface area contributed by atoms with E-state index in [4.69, 9.17) is 9.47 Å². The van der Waals surface area contributed by atoms with Gasteiger partial charge in [-0.3, -0.25) is 4.79 Å². The number of carbonyl (C=O) groups excluding carboxylic acids is 1. The predicted molar refractivity (Wildman–Crippen MR) is 101 cm³/mol. The Morgan fingerprint density at radius 2 is 1.69 bits per heavy atom. The lowest BCUT2D eigenvalue weighted by molar-refractivity contribution is -0.121. The van der Waals surface area contributed by atoms with Crippen LogP contribution in [0, 0.1) is 18.3 Å². The van der Waals surface area contributed by atoms with Gasteiger partial charge in [0.2, 0.25) is 0 Å². The highest BCUT2D eigenvalue weighted by Gasteiger charge is 2.23. The maximum absolute atomic E-state index is 12.3. The Labute approximate surface area is 156 Å². The Bertz CT molecular complexity index is 910. The summed E-state index contributed by atoms with van der Waals surface area (Å²) in [4.78, 5) is 13.1. The van der Waals surface area contributed by atoms with Crippen LogP contribution in [0.5, 0.6) is 17.2 Å². The fourth-order valence-corrected chi connectivity index (χ4v) is 3.42. The molecule has 0 saturated carbocycles. The molecular formula is C21H17NO3S. The van der Waals surface area contributed by atoms with Crippen LogP contribution in [0.25, 0.3) is 0 Å². The molecule has 1 atom stereocenters. The molecule has 26 heavy (non-hydrogen) atoms. The first-order valence-electron chi connectivity index (χ1n) is 8.09. The first-order chi connectivity index (χ1) is 12.7. The first kappa shape index (κ1) is 17.7. The van der Waals surface area contributed by atoms with Crippen molar-refractivity contribution in [1.29, 1.82) is 5.26 Å². The summed E-state index contributed by atoms with van der Waals surface area (Å²) in [6.45, 7) is 1.75. The number of para-hydroxylation sites is 1. The van der Waals surface area contributed by atoms with Gasteiger partial charge in [0.1, 0.15) is 29.8 Å². The van der Waals surface area contributed by atoms with Gasteiger partial charge in [-0.15, -0.1) is 11.3 Å². The van der Waals surface area contributed by atoms with Crippen LogP contribution < -0.4 is 9.47 Å². The minimum Gasteiger partial charge on any atom is -0.486 e. The first-order valence-corrected chi connectivity index (χ1v) is 8.97. The van der Waals surface area contributed by atoms with Crippen LogP contribution in [0.15, 0.2) is 66.0 Å². The van der Waals surface area contributed by atoms with E-state index in [1.165, 1.54) is 11.3 Å². The molecule has 2 aromatic carbocycles. The van der Waals surface area contributed by atoms with Crippen LogP contribution in [0.1, 0.15) is 16.4 Å². The van der Waals surface area contributed by atoms with Gasteiger partial charge in [0.15, 0.2) is 5.78 Å². The summed E-state index contributed by atoms with van der Waals surface area (Å²) >= 11 is 1.42. The van der Waals surface area contributed by atoms with Gasteiger partial charge in [-0.1, -0.05) is 18.2 Å². The largest absolute Gasteiger partial charge is 0.486 e. The van der Waals surface area contributed by atoms with Crippen molar-refractivity contribution in [3.8, 4) is 23.3 Å². The number of ether oxygens (including phenoxy) is 2. The molecule has 0 aliphatic rings. The summed E-state index contributed by atoms with van der Waals surface area (Å²) in [7, 11) is 0. The number of hydrogen-bond acceptors (Lipinski definition) is 5. The number of nitriles is 1. The molecule has 0 bridgehead atoms. The predicted octanol–water partition coefficient (Wildman–Crippen LogP) is 5.10. The van der Waals surface area contributed by atoms with E-state index in [9.17, 15) is 10.1 Å². The molecule has 0 fully saturated rings. The van der Waals surface area contributed by atoms with Crippen molar-refractivity contribution >= 4 is 17.1 Å². The second-order valence-corrected chi connectivity index (χ2v) is 6.62. The number of hydrogen-bond donors (Lipinski definition) is 0. The van der Waals surface area contributed by atoms with Gasteiger partial charge in [0, 0.05) is 4.88 Å². The number of benzene rings is 2. The van der Waals surface area contributed by atoms with Crippen molar-refractivity contribution in [3.63, 3.8) is 0 Å². The Kier molecular flexibility index (Phi) is 5.67. The lowest BCUT2D eigenvalue weighted by Gasteiger charge is -2.10. The van der Waals surface area contributed by atoms with E-state index in [0.29, 0.717) is 11.5 Å². The summed E-state index contributed by atoms with van der Waals surface area (Å²) in [5, 5.41) is 11.2. The van der Waals surface area contributed by atoms with E-state index in [2.05, 4.69) is 6.07 Å². The average Bonchev–Trinajstić information content (AvgIpc) is 3.08. The van der Waals surface area contributed by atoms with E-state index in [1.807, 2.05) is 48.7 Å². The third-order valence-corrected chi connectivity index (χ3v) is 4.88. The van der Waals surface area contributed by atoms with Gasteiger partial charge in [-0.25, -0.2) is 0 Å². The summed E-state index contributed by atoms with van der Waals surface area (Å²) in [6.07, 6.45) is 0. The van der Waals surface area contributed by atoms with Crippen molar-refractivity contribution in [2.75, 3.05) is 6.61 Å². The molecule has 1 unspecified atom stereocenters. The van der Waals surface area contributed by atoms with Crippen LogP contribution in [0.4, 0.5) is 0 Å². The average molecular weight is 363 g/mol. The number of rotatable bonds is 7. The van der Waals surface area contributed by atoms with Gasteiger partial charge in [0.05, 0.1) is 6.07 Å². The molecular weight excluding hydrogens is 346 g/mol. The number of thiophene rings is 1. The number of aryl methyl sites for hydroxylation is 1. The van der Waals surface area contributed by atoms with E-state index in [-0.39, 0.29) is 12.4 Å². The maximum Gasteiger partial charge on any atom is 0.192 e. The highest BCUT2D eigenvalue weighted by atomic mass is 32.1. The maximum atomic E-state index is 12.3. The smallest absolute Gasteiger partial charge is 0.192 e. The fourth-order valence-electron chi connectivity index (χ4n) is 2.42. The van der Waals surface area contributed by atoms with Crippen LogP contribution >= 0.6 is 11.3 Å². The highest BCUT2D eigenvalue weighted by molar-refractivity contribution is 7.10. The highest BCUT2D eigenvalue weighted by Crippen LogP contribution is 2.27. The number of ketones is 1. The topological polar surface area (TPSA) is 59.3 Å². The monoisotopic (exact) mass is 363 g/mol. The number of carbonyl (C=O) groups is 1. The quantitative estimate of drug-likeness (QED) is 0.586. The van der Waals surface area contributed by atoms with Crippen molar-refractivity contribution < 1.29 is 14.3 Å². The molecule has 0 aliphatic carbocycles. The minimum absolute atomic E-state index is 0.144. The van der Waals surface area contributed by atoms with Crippen LogP contribution in [0.2, 0.25) is 0 Å². The molecule has 3 aromatic rings. The lowest BCUT2D eigenvalue weighted by atomic mass is 10.0. The zero-order valence-corrected chi connectivity index (χ0v) is 15.0. The van der Waals surface area contributed by atoms with Crippen molar-refractivity contribution in [2.24, 2.45) is 0 Å². The molecule has 4 nitrogen and oxygen atoms in total. The van der Waals surface area contributed by atoms with Crippen LogP contribution in [-0.4, -0.2) is 12.4 Å². The van der Waals surface area contributed by atoms with E-state index >= 15 is 0 Å². The third kappa shape index (κ3) is 4.29. The van der Waals surface area contributed by atoms with E-state index in [0.717, 1.165) is 16.2 Å².